The van der Waals surface area contributed by atoms with Gasteiger partial charge in [0.15, 0.2) is 0 Å². The first-order chi connectivity index (χ1) is 12.1. The lowest BCUT2D eigenvalue weighted by atomic mass is 9.93. The summed E-state index contributed by atoms with van der Waals surface area (Å²) in [5.41, 5.74) is 1.11. The van der Waals surface area contributed by atoms with Crippen molar-refractivity contribution < 1.29 is 4.79 Å². The Kier molecular flexibility index (Phi) is 17.3. The molecule has 25 heavy (non-hydrogen) atoms. The van der Waals surface area contributed by atoms with Crippen LogP contribution in [-0.4, -0.2) is 5.78 Å². The molecule has 1 nitrogen and oxygen atoms in total. The maximum atomic E-state index is 11.6. The molecular weight excluding hydrogens is 304 g/mol. The normalized spacial score (nSPS) is 12.6. The Balaban J connectivity index is 3.40. The van der Waals surface area contributed by atoms with E-state index in [-0.39, 0.29) is 11.7 Å². The zero-order chi connectivity index (χ0) is 18.8. The highest BCUT2D eigenvalue weighted by atomic mass is 16.1. The lowest BCUT2D eigenvalue weighted by molar-refractivity contribution is -0.120. The Morgan fingerprint density at radius 1 is 0.800 bits per heavy atom. The SMILES string of the molecule is C=C(C)CC(C/C=C/CCCCCCCCCCCCCC)C(C)=O. The summed E-state index contributed by atoms with van der Waals surface area (Å²) in [7, 11) is 0. The van der Waals surface area contributed by atoms with E-state index in [2.05, 4.69) is 25.7 Å². The largest absolute Gasteiger partial charge is 0.300 e. The van der Waals surface area contributed by atoms with E-state index < -0.39 is 0 Å². The number of Topliss-reactive ketones (excluding diaryl/α,β-unsaturated/α-hetero) is 1. The van der Waals surface area contributed by atoms with E-state index in [0.717, 1.165) is 24.8 Å². The maximum Gasteiger partial charge on any atom is 0.133 e. The number of hydrogen-bond acceptors (Lipinski definition) is 1. The summed E-state index contributed by atoms with van der Waals surface area (Å²) in [5, 5.41) is 0. The van der Waals surface area contributed by atoms with E-state index in [1.807, 2.05) is 6.92 Å². The van der Waals surface area contributed by atoms with Crippen LogP contribution in [0, 0.1) is 5.92 Å². The molecule has 1 atom stereocenters. The maximum absolute atomic E-state index is 11.6. The molecule has 0 fully saturated rings. The number of allylic oxidation sites excluding steroid dienone is 3. The quantitative estimate of drug-likeness (QED) is 0.180. The third-order valence-electron chi connectivity index (χ3n) is 4.98. The first-order valence-corrected chi connectivity index (χ1v) is 10.9. The molecule has 146 valence electrons. The van der Waals surface area contributed by atoms with Crippen molar-refractivity contribution in [2.24, 2.45) is 5.92 Å². The van der Waals surface area contributed by atoms with Gasteiger partial charge in [-0.2, -0.15) is 0 Å². The Morgan fingerprint density at radius 3 is 1.72 bits per heavy atom. The number of ketones is 1. The van der Waals surface area contributed by atoms with Crippen LogP contribution in [-0.2, 0) is 4.79 Å². The van der Waals surface area contributed by atoms with Gasteiger partial charge in [0, 0.05) is 5.92 Å². The molecular formula is C24H44O. The minimum absolute atomic E-state index is 0.135. The molecule has 0 aliphatic carbocycles. The van der Waals surface area contributed by atoms with Gasteiger partial charge in [-0.05, 0) is 39.5 Å². The molecule has 0 spiro atoms. The summed E-state index contributed by atoms with van der Waals surface area (Å²) in [5.74, 6) is 0.425. The van der Waals surface area contributed by atoms with Gasteiger partial charge < -0.3 is 0 Å². The molecule has 1 unspecified atom stereocenters. The van der Waals surface area contributed by atoms with Crippen LogP contribution < -0.4 is 0 Å². The standard InChI is InChI=1S/C24H44O/c1-5-6-7-8-9-10-11-12-13-14-15-16-17-18-19-20-24(23(4)25)21-22(2)3/h18-19,24H,2,5-17,20-21H2,1,3-4H3/b19-18+. The predicted octanol–water partition coefficient (Wildman–Crippen LogP) is 8.20. The van der Waals surface area contributed by atoms with Crippen LogP contribution in [0.15, 0.2) is 24.3 Å². The van der Waals surface area contributed by atoms with E-state index >= 15 is 0 Å². The Labute approximate surface area is 158 Å². The van der Waals surface area contributed by atoms with Crippen molar-refractivity contribution in [3.8, 4) is 0 Å². The van der Waals surface area contributed by atoms with Crippen molar-refractivity contribution >= 4 is 5.78 Å². The summed E-state index contributed by atoms with van der Waals surface area (Å²) in [6.45, 7) is 9.91. The van der Waals surface area contributed by atoms with Crippen LogP contribution >= 0.6 is 0 Å². The molecule has 0 rings (SSSR count). The second kappa shape index (κ2) is 18.0. The molecule has 0 aliphatic rings. The molecule has 0 aromatic carbocycles. The fourth-order valence-electron chi connectivity index (χ4n) is 3.30. The molecule has 0 saturated heterocycles. The third-order valence-corrected chi connectivity index (χ3v) is 4.98. The van der Waals surface area contributed by atoms with E-state index in [4.69, 9.17) is 0 Å². The van der Waals surface area contributed by atoms with E-state index in [0.29, 0.717) is 0 Å². The van der Waals surface area contributed by atoms with Crippen molar-refractivity contribution in [1.29, 1.82) is 0 Å². The fourth-order valence-corrected chi connectivity index (χ4v) is 3.30. The van der Waals surface area contributed by atoms with Gasteiger partial charge in [-0.1, -0.05) is 95.3 Å². The van der Waals surface area contributed by atoms with Gasteiger partial charge in [-0.15, -0.1) is 6.58 Å². The second-order valence-electron chi connectivity index (χ2n) is 7.85. The number of carbonyl (C=O) groups excluding carboxylic acids is 1. The highest BCUT2D eigenvalue weighted by molar-refractivity contribution is 5.78. The topological polar surface area (TPSA) is 17.1 Å². The van der Waals surface area contributed by atoms with Gasteiger partial charge >= 0.3 is 0 Å². The minimum Gasteiger partial charge on any atom is -0.300 e. The molecule has 0 bridgehead atoms. The summed E-state index contributed by atoms with van der Waals surface area (Å²) < 4.78 is 0. The van der Waals surface area contributed by atoms with Crippen molar-refractivity contribution in [2.45, 2.75) is 117 Å². The number of rotatable bonds is 18. The number of hydrogen-bond donors (Lipinski definition) is 0. The lowest BCUT2D eigenvalue weighted by Gasteiger charge is -2.10. The lowest BCUT2D eigenvalue weighted by Crippen LogP contribution is -2.10. The molecule has 0 heterocycles. The summed E-state index contributed by atoms with van der Waals surface area (Å²) in [6.07, 6.45) is 24.1. The number of unbranched alkanes of at least 4 members (excludes halogenated alkanes) is 12. The van der Waals surface area contributed by atoms with Crippen LogP contribution in [0.25, 0.3) is 0 Å². The zero-order valence-electron chi connectivity index (χ0n) is 17.5. The van der Waals surface area contributed by atoms with Gasteiger partial charge in [0.05, 0.1) is 0 Å². The average Bonchev–Trinajstić information content (AvgIpc) is 2.56. The smallest absolute Gasteiger partial charge is 0.133 e. The van der Waals surface area contributed by atoms with Crippen LogP contribution in [0.2, 0.25) is 0 Å². The molecule has 0 aromatic rings. The molecule has 0 amide bonds. The average molecular weight is 349 g/mol. The first kappa shape index (κ1) is 24.1. The predicted molar refractivity (Wildman–Crippen MR) is 113 cm³/mol. The van der Waals surface area contributed by atoms with Crippen molar-refractivity contribution in [2.75, 3.05) is 0 Å². The molecule has 0 aliphatic heterocycles. The highest BCUT2D eigenvalue weighted by Gasteiger charge is 2.11. The Morgan fingerprint density at radius 2 is 1.28 bits per heavy atom. The van der Waals surface area contributed by atoms with Gasteiger partial charge in [-0.3, -0.25) is 4.79 Å². The Bertz CT molecular complexity index is 353. The van der Waals surface area contributed by atoms with E-state index in [1.165, 1.54) is 77.0 Å². The van der Waals surface area contributed by atoms with Gasteiger partial charge in [0.1, 0.15) is 5.78 Å². The zero-order valence-corrected chi connectivity index (χ0v) is 17.5. The van der Waals surface area contributed by atoms with Crippen molar-refractivity contribution in [3.63, 3.8) is 0 Å². The van der Waals surface area contributed by atoms with Crippen LogP contribution in [0.3, 0.4) is 0 Å². The number of carbonyl (C=O) groups is 1. The van der Waals surface area contributed by atoms with Gasteiger partial charge in [0.2, 0.25) is 0 Å². The van der Waals surface area contributed by atoms with Gasteiger partial charge in [0.25, 0.3) is 0 Å². The first-order valence-electron chi connectivity index (χ1n) is 10.9. The van der Waals surface area contributed by atoms with Crippen molar-refractivity contribution in [1.82, 2.24) is 0 Å². The molecule has 1 heteroatoms. The van der Waals surface area contributed by atoms with E-state index in [9.17, 15) is 4.79 Å². The van der Waals surface area contributed by atoms with Crippen molar-refractivity contribution in [3.05, 3.63) is 24.3 Å². The Hall–Kier alpha value is -0.850. The third kappa shape index (κ3) is 17.8. The van der Waals surface area contributed by atoms with E-state index in [1.54, 1.807) is 6.92 Å². The minimum atomic E-state index is 0.135. The highest BCUT2D eigenvalue weighted by Crippen LogP contribution is 2.16. The summed E-state index contributed by atoms with van der Waals surface area (Å²) in [4.78, 5) is 11.6. The summed E-state index contributed by atoms with van der Waals surface area (Å²) in [6, 6.07) is 0. The molecule has 0 saturated carbocycles. The molecule has 0 N–H and O–H groups in total. The molecule has 0 aromatic heterocycles. The van der Waals surface area contributed by atoms with Crippen LogP contribution in [0.4, 0.5) is 0 Å². The molecule has 0 radical (unpaired) electrons. The van der Waals surface area contributed by atoms with Gasteiger partial charge in [-0.25, -0.2) is 0 Å². The second-order valence-corrected chi connectivity index (χ2v) is 7.85. The fraction of sp³-hybridized carbons (Fsp3) is 0.792. The van der Waals surface area contributed by atoms with Crippen LogP contribution in [0.1, 0.15) is 117 Å². The van der Waals surface area contributed by atoms with Crippen LogP contribution in [0.5, 0.6) is 0 Å². The summed E-state index contributed by atoms with van der Waals surface area (Å²) >= 11 is 0. The monoisotopic (exact) mass is 348 g/mol.